The molecule has 0 saturated heterocycles. The topological polar surface area (TPSA) is 73.4 Å². The number of ether oxygens (including phenoxy) is 1. The van der Waals surface area contributed by atoms with Crippen molar-refractivity contribution in [3.63, 3.8) is 0 Å². The summed E-state index contributed by atoms with van der Waals surface area (Å²) in [5.41, 5.74) is 1.30. The summed E-state index contributed by atoms with van der Waals surface area (Å²) in [5, 5.41) is 17.4. The fourth-order valence-corrected chi connectivity index (χ4v) is 2.37. The molecule has 1 aromatic rings. The van der Waals surface area contributed by atoms with Crippen molar-refractivity contribution in [2.24, 2.45) is 0 Å². The van der Waals surface area contributed by atoms with E-state index >= 15 is 0 Å². The SMILES string of the molecule is COc1ccccc1C1NC(=S)NC(C)=C1C(=O)[O-]. The molecule has 0 saturated carbocycles. The number of carboxylic acid groups (broad SMARTS) is 1. The molecule has 0 radical (unpaired) electrons. The van der Waals surface area contributed by atoms with Crippen LogP contribution in [0, 0.1) is 0 Å². The van der Waals surface area contributed by atoms with Crippen LogP contribution < -0.4 is 20.5 Å². The summed E-state index contributed by atoms with van der Waals surface area (Å²) in [6, 6.07) is 6.60. The highest BCUT2D eigenvalue weighted by atomic mass is 32.1. The first-order chi connectivity index (χ1) is 9.04. The van der Waals surface area contributed by atoms with E-state index in [-0.39, 0.29) is 5.57 Å². The first-order valence-electron chi connectivity index (χ1n) is 5.67. The van der Waals surface area contributed by atoms with Crippen LogP contribution in [0.1, 0.15) is 18.5 Å². The molecule has 0 spiro atoms. The smallest absolute Gasteiger partial charge is 0.171 e. The number of thiocarbonyl (C=S) groups is 1. The van der Waals surface area contributed by atoms with E-state index in [0.717, 1.165) is 0 Å². The summed E-state index contributed by atoms with van der Waals surface area (Å²) < 4.78 is 5.26. The Hall–Kier alpha value is -2.08. The molecule has 0 fully saturated rings. The number of methoxy groups -OCH3 is 1. The first-order valence-corrected chi connectivity index (χ1v) is 6.08. The minimum absolute atomic E-state index is 0.123. The van der Waals surface area contributed by atoms with Gasteiger partial charge in [-0.15, -0.1) is 0 Å². The molecular formula is C13H13N2O3S-. The lowest BCUT2D eigenvalue weighted by molar-refractivity contribution is -0.299. The molecule has 0 aromatic heterocycles. The van der Waals surface area contributed by atoms with Crippen molar-refractivity contribution < 1.29 is 14.6 Å². The van der Waals surface area contributed by atoms with Crippen molar-refractivity contribution in [3.05, 3.63) is 41.1 Å². The second kappa shape index (κ2) is 5.27. The lowest BCUT2D eigenvalue weighted by Crippen LogP contribution is -2.47. The number of carbonyl (C=O) groups is 1. The third kappa shape index (κ3) is 2.53. The number of rotatable bonds is 3. The molecule has 1 heterocycles. The summed E-state index contributed by atoms with van der Waals surface area (Å²) in [6.45, 7) is 1.65. The van der Waals surface area contributed by atoms with Gasteiger partial charge in [0.1, 0.15) is 5.75 Å². The van der Waals surface area contributed by atoms with Gasteiger partial charge >= 0.3 is 0 Å². The summed E-state index contributed by atoms with van der Waals surface area (Å²) in [7, 11) is 1.54. The molecule has 100 valence electrons. The zero-order valence-corrected chi connectivity index (χ0v) is 11.3. The highest BCUT2D eigenvalue weighted by Crippen LogP contribution is 2.32. The van der Waals surface area contributed by atoms with Gasteiger partial charge in [0, 0.05) is 16.8 Å². The molecular weight excluding hydrogens is 264 g/mol. The standard InChI is InChI=1S/C13H14N2O3S/c1-7-10(12(16)17)11(15-13(19)14-7)8-5-3-4-6-9(8)18-2/h3-6,11H,1-2H3,(H,16,17)(H2,14,15,19)/p-1. The van der Waals surface area contributed by atoms with Gasteiger partial charge in [-0.05, 0) is 25.2 Å². The van der Waals surface area contributed by atoms with Gasteiger partial charge in [0.25, 0.3) is 0 Å². The summed E-state index contributed by atoms with van der Waals surface area (Å²) in [4.78, 5) is 11.3. The zero-order chi connectivity index (χ0) is 14.0. The van der Waals surface area contributed by atoms with Gasteiger partial charge in [0.05, 0.1) is 19.1 Å². The number of aliphatic carboxylic acids is 1. The minimum atomic E-state index is -1.24. The second-order valence-corrected chi connectivity index (χ2v) is 4.51. The van der Waals surface area contributed by atoms with E-state index < -0.39 is 12.0 Å². The molecule has 1 aromatic carbocycles. The Morgan fingerprint density at radius 3 is 2.74 bits per heavy atom. The highest BCUT2D eigenvalue weighted by molar-refractivity contribution is 7.80. The van der Waals surface area contributed by atoms with Crippen molar-refractivity contribution >= 4 is 23.3 Å². The molecule has 0 aliphatic carbocycles. The lowest BCUT2D eigenvalue weighted by atomic mass is 9.95. The Bertz CT molecular complexity index is 569. The van der Waals surface area contributed by atoms with Gasteiger partial charge in [0.2, 0.25) is 0 Å². The molecule has 0 amide bonds. The Morgan fingerprint density at radius 2 is 2.11 bits per heavy atom. The zero-order valence-electron chi connectivity index (χ0n) is 10.5. The molecule has 1 atom stereocenters. The van der Waals surface area contributed by atoms with Crippen LogP contribution in [0.15, 0.2) is 35.5 Å². The van der Waals surface area contributed by atoms with E-state index in [0.29, 0.717) is 22.1 Å². The van der Waals surface area contributed by atoms with E-state index in [9.17, 15) is 9.90 Å². The number of hydrogen-bond acceptors (Lipinski definition) is 4. The Kier molecular flexibility index (Phi) is 3.71. The number of carboxylic acids is 1. The third-order valence-corrected chi connectivity index (χ3v) is 3.16. The van der Waals surface area contributed by atoms with E-state index in [1.165, 1.54) is 7.11 Å². The number of carbonyl (C=O) groups excluding carboxylic acids is 1. The quantitative estimate of drug-likeness (QED) is 0.771. The molecule has 6 heteroatoms. The number of para-hydroxylation sites is 1. The fourth-order valence-electron chi connectivity index (χ4n) is 2.10. The average molecular weight is 277 g/mol. The molecule has 2 N–H and O–H groups in total. The maximum atomic E-state index is 11.3. The van der Waals surface area contributed by atoms with Gasteiger partial charge in [-0.2, -0.15) is 0 Å². The Labute approximate surface area is 116 Å². The van der Waals surface area contributed by atoms with Crippen LogP contribution in [0.4, 0.5) is 0 Å². The molecule has 1 aliphatic heterocycles. The van der Waals surface area contributed by atoms with Crippen molar-refractivity contribution in [1.82, 2.24) is 10.6 Å². The van der Waals surface area contributed by atoms with E-state index in [1.54, 1.807) is 19.1 Å². The lowest BCUT2D eigenvalue weighted by Gasteiger charge is -2.32. The summed E-state index contributed by atoms with van der Waals surface area (Å²) in [6.07, 6.45) is 0. The maximum Gasteiger partial charge on any atom is 0.171 e. The van der Waals surface area contributed by atoms with Gasteiger partial charge < -0.3 is 25.3 Å². The second-order valence-electron chi connectivity index (χ2n) is 4.10. The molecule has 19 heavy (non-hydrogen) atoms. The van der Waals surface area contributed by atoms with Gasteiger partial charge in [-0.3, -0.25) is 0 Å². The van der Waals surface area contributed by atoms with Crippen LogP contribution in [-0.2, 0) is 4.79 Å². The molecule has 5 nitrogen and oxygen atoms in total. The summed E-state index contributed by atoms with van der Waals surface area (Å²) >= 11 is 5.07. The number of benzene rings is 1. The monoisotopic (exact) mass is 277 g/mol. The Balaban J connectivity index is 2.55. The first kappa shape index (κ1) is 13.4. The van der Waals surface area contributed by atoms with Gasteiger partial charge in [-0.25, -0.2) is 0 Å². The van der Waals surface area contributed by atoms with Crippen LogP contribution in [0.25, 0.3) is 0 Å². The predicted molar refractivity (Wildman–Crippen MR) is 72.3 cm³/mol. The van der Waals surface area contributed by atoms with Gasteiger partial charge in [-0.1, -0.05) is 18.2 Å². The molecule has 2 rings (SSSR count). The third-order valence-electron chi connectivity index (χ3n) is 2.94. The normalized spacial score (nSPS) is 18.6. The van der Waals surface area contributed by atoms with Crippen LogP contribution in [0.2, 0.25) is 0 Å². The minimum Gasteiger partial charge on any atom is -0.545 e. The largest absolute Gasteiger partial charge is 0.545 e. The van der Waals surface area contributed by atoms with Gasteiger partial charge in [0.15, 0.2) is 5.11 Å². The van der Waals surface area contributed by atoms with E-state index in [2.05, 4.69) is 10.6 Å². The van der Waals surface area contributed by atoms with Crippen molar-refractivity contribution in [2.75, 3.05) is 7.11 Å². The van der Waals surface area contributed by atoms with Crippen molar-refractivity contribution in [3.8, 4) is 5.75 Å². The highest BCUT2D eigenvalue weighted by Gasteiger charge is 2.27. The predicted octanol–water partition coefficient (Wildman–Crippen LogP) is 0.238. The van der Waals surface area contributed by atoms with E-state index in [1.807, 2.05) is 12.1 Å². The van der Waals surface area contributed by atoms with Crippen LogP contribution in [0.3, 0.4) is 0 Å². The Morgan fingerprint density at radius 1 is 1.42 bits per heavy atom. The number of nitrogens with one attached hydrogen (secondary N) is 2. The molecule has 1 aliphatic rings. The molecule has 1 unspecified atom stereocenters. The average Bonchev–Trinajstić information content (AvgIpc) is 2.37. The number of hydrogen-bond donors (Lipinski definition) is 2. The van der Waals surface area contributed by atoms with E-state index in [4.69, 9.17) is 17.0 Å². The maximum absolute atomic E-state index is 11.3. The number of allylic oxidation sites excluding steroid dienone is 1. The van der Waals surface area contributed by atoms with Crippen molar-refractivity contribution in [2.45, 2.75) is 13.0 Å². The van der Waals surface area contributed by atoms with Crippen LogP contribution in [0.5, 0.6) is 5.75 Å². The van der Waals surface area contributed by atoms with Crippen LogP contribution >= 0.6 is 12.2 Å². The molecule has 0 bridgehead atoms. The summed E-state index contributed by atoms with van der Waals surface area (Å²) in [5.74, 6) is -0.646. The van der Waals surface area contributed by atoms with Crippen LogP contribution in [-0.4, -0.2) is 18.2 Å². The van der Waals surface area contributed by atoms with Crippen molar-refractivity contribution in [1.29, 1.82) is 0 Å². The fraction of sp³-hybridized carbons (Fsp3) is 0.231.